The number of carbonyl (C=O) groups excluding carboxylic acids is 1. The fraction of sp³-hybridized carbons (Fsp3) is 0.417. The summed E-state index contributed by atoms with van der Waals surface area (Å²) in [6.45, 7) is 4.03. The molecule has 1 fully saturated rings. The highest BCUT2D eigenvalue weighted by Crippen LogP contribution is 2.52. The van der Waals surface area contributed by atoms with Gasteiger partial charge in [-0.15, -0.1) is 0 Å². The number of amides is 1. The standard InChI is InChI=1S/C12H15FN2O/c1-12(2)6-7(12)11(16)15-10-8(13)4-3-5-9(10)14/h3-5,7H,6,14H2,1-2H3,(H,15,16). The van der Waals surface area contributed by atoms with Crippen molar-refractivity contribution in [3.63, 3.8) is 0 Å². The van der Waals surface area contributed by atoms with E-state index in [1.165, 1.54) is 12.1 Å². The first-order chi connectivity index (χ1) is 7.42. The SMILES string of the molecule is CC1(C)CC1C(=O)Nc1c(N)cccc1F. The van der Waals surface area contributed by atoms with Gasteiger partial charge in [-0.3, -0.25) is 4.79 Å². The van der Waals surface area contributed by atoms with E-state index >= 15 is 0 Å². The first-order valence-corrected chi connectivity index (χ1v) is 5.26. The van der Waals surface area contributed by atoms with Crippen molar-refractivity contribution in [2.24, 2.45) is 11.3 Å². The summed E-state index contributed by atoms with van der Waals surface area (Å²) < 4.78 is 13.4. The third-order valence-corrected chi connectivity index (χ3v) is 3.12. The molecule has 0 heterocycles. The van der Waals surface area contributed by atoms with Crippen molar-refractivity contribution in [2.75, 3.05) is 11.1 Å². The maximum atomic E-state index is 13.4. The van der Waals surface area contributed by atoms with Crippen molar-refractivity contribution >= 4 is 17.3 Å². The van der Waals surface area contributed by atoms with Crippen LogP contribution in [0.3, 0.4) is 0 Å². The van der Waals surface area contributed by atoms with Crippen molar-refractivity contribution in [1.82, 2.24) is 0 Å². The van der Waals surface area contributed by atoms with Crippen LogP contribution in [0.4, 0.5) is 15.8 Å². The summed E-state index contributed by atoms with van der Waals surface area (Å²) in [4.78, 5) is 11.8. The van der Waals surface area contributed by atoms with Crippen LogP contribution in [-0.4, -0.2) is 5.91 Å². The van der Waals surface area contributed by atoms with E-state index in [1.807, 2.05) is 13.8 Å². The monoisotopic (exact) mass is 222 g/mol. The molecular weight excluding hydrogens is 207 g/mol. The zero-order valence-electron chi connectivity index (χ0n) is 9.38. The molecule has 1 aromatic carbocycles. The maximum absolute atomic E-state index is 13.4. The van der Waals surface area contributed by atoms with Gasteiger partial charge in [-0.05, 0) is 24.0 Å². The lowest BCUT2D eigenvalue weighted by atomic mass is 10.1. The van der Waals surface area contributed by atoms with E-state index < -0.39 is 5.82 Å². The molecule has 0 aliphatic heterocycles. The molecule has 1 atom stereocenters. The predicted octanol–water partition coefficient (Wildman–Crippen LogP) is 2.39. The van der Waals surface area contributed by atoms with Crippen molar-refractivity contribution in [3.05, 3.63) is 24.0 Å². The van der Waals surface area contributed by atoms with Crippen molar-refractivity contribution in [1.29, 1.82) is 0 Å². The topological polar surface area (TPSA) is 55.1 Å². The zero-order valence-corrected chi connectivity index (χ0v) is 9.38. The molecule has 1 aliphatic carbocycles. The molecule has 1 saturated carbocycles. The molecular formula is C12H15FN2O. The maximum Gasteiger partial charge on any atom is 0.228 e. The van der Waals surface area contributed by atoms with Gasteiger partial charge in [0, 0.05) is 5.92 Å². The average molecular weight is 222 g/mol. The summed E-state index contributed by atoms with van der Waals surface area (Å²) in [5.74, 6) is -0.680. The van der Waals surface area contributed by atoms with Crippen LogP contribution in [0, 0.1) is 17.2 Å². The number of para-hydroxylation sites is 1. The van der Waals surface area contributed by atoms with Gasteiger partial charge in [0.25, 0.3) is 0 Å². The summed E-state index contributed by atoms with van der Waals surface area (Å²) in [5, 5.41) is 2.56. The molecule has 1 amide bonds. The zero-order chi connectivity index (χ0) is 11.9. The Balaban J connectivity index is 2.13. The Hall–Kier alpha value is -1.58. The van der Waals surface area contributed by atoms with Gasteiger partial charge < -0.3 is 11.1 Å². The van der Waals surface area contributed by atoms with E-state index in [9.17, 15) is 9.18 Å². The average Bonchev–Trinajstić information content (AvgIpc) is 2.82. The van der Waals surface area contributed by atoms with Gasteiger partial charge in [0.15, 0.2) is 0 Å². The Labute approximate surface area is 93.8 Å². The van der Waals surface area contributed by atoms with E-state index in [4.69, 9.17) is 5.73 Å². The number of benzene rings is 1. The normalized spacial score (nSPS) is 21.6. The number of anilines is 2. The highest BCUT2D eigenvalue weighted by atomic mass is 19.1. The summed E-state index contributed by atoms with van der Waals surface area (Å²) in [7, 11) is 0. The van der Waals surface area contributed by atoms with E-state index in [0.717, 1.165) is 6.42 Å². The van der Waals surface area contributed by atoms with Gasteiger partial charge in [0.05, 0.1) is 5.69 Å². The quantitative estimate of drug-likeness (QED) is 0.755. The van der Waals surface area contributed by atoms with Gasteiger partial charge in [0.2, 0.25) is 5.91 Å². The molecule has 0 bridgehead atoms. The number of nitrogen functional groups attached to an aromatic ring is 1. The summed E-state index contributed by atoms with van der Waals surface area (Å²) in [6.07, 6.45) is 0.840. The first kappa shape index (κ1) is 10.9. The third-order valence-electron chi connectivity index (χ3n) is 3.12. The lowest BCUT2D eigenvalue weighted by Crippen LogP contribution is -2.18. The van der Waals surface area contributed by atoms with Crippen LogP contribution >= 0.6 is 0 Å². The van der Waals surface area contributed by atoms with Gasteiger partial charge in [-0.2, -0.15) is 0 Å². The van der Waals surface area contributed by atoms with Crippen molar-refractivity contribution < 1.29 is 9.18 Å². The lowest BCUT2D eigenvalue weighted by molar-refractivity contribution is -0.118. The van der Waals surface area contributed by atoms with Gasteiger partial charge in [-0.25, -0.2) is 4.39 Å². The Kier molecular flexibility index (Phi) is 2.37. The van der Waals surface area contributed by atoms with Crippen LogP contribution in [0.2, 0.25) is 0 Å². The molecule has 1 aromatic rings. The van der Waals surface area contributed by atoms with Crippen LogP contribution < -0.4 is 11.1 Å². The second-order valence-electron chi connectivity index (χ2n) is 4.94. The second-order valence-corrected chi connectivity index (χ2v) is 4.94. The molecule has 0 saturated heterocycles. The minimum atomic E-state index is -0.494. The molecule has 3 nitrogen and oxygen atoms in total. The van der Waals surface area contributed by atoms with Crippen LogP contribution in [0.5, 0.6) is 0 Å². The third kappa shape index (κ3) is 1.87. The smallest absolute Gasteiger partial charge is 0.228 e. The number of rotatable bonds is 2. The molecule has 3 N–H and O–H groups in total. The fourth-order valence-electron chi connectivity index (χ4n) is 1.80. The fourth-order valence-corrected chi connectivity index (χ4v) is 1.80. The summed E-state index contributed by atoms with van der Waals surface area (Å²) in [5.41, 5.74) is 5.98. The minimum Gasteiger partial charge on any atom is -0.397 e. The van der Waals surface area contributed by atoms with E-state index in [1.54, 1.807) is 6.07 Å². The minimum absolute atomic E-state index is 0.0318. The van der Waals surface area contributed by atoms with Crippen molar-refractivity contribution in [3.8, 4) is 0 Å². The van der Waals surface area contributed by atoms with Crippen molar-refractivity contribution in [2.45, 2.75) is 20.3 Å². The molecule has 1 unspecified atom stereocenters. The largest absolute Gasteiger partial charge is 0.397 e. The first-order valence-electron chi connectivity index (χ1n) is 5.26. The summed E-state index contributed by atoms with van der Waals surface area (Å²) >= 11 is 0. The van der Waals surface area contributed by atoms with Crippen LogP contribution in [0.1, 0.15) is 20.3 Å². The van der Waals surface area contributed by atoms with Crippen LogP contribution in [0.15, 0.2) is 18.2 Å². The number of nitrogens with two attached hydrogens (primary N) is 1. The Morgan fingerprint density at radius 1 is 1.56 bits per heavy atom. The molecule has 2 rings (SSSR count). The van der Waals surface area contributed by atoms with Crippen LogP contribution in [-0.2, 0) is 4.79 Å². The highest BCUT2D eigenvalue weighted by Gasteiger charge is 2.50. The number of hydrogen-bond acceptors (Lipinski definition) is 2. The number of carbonyl (C=O) groups is 1. The molecule has 0 radical (unpaired) electrons. The summed E-state index contributed by atoms with van der Waals surface area (Å²) in [6, 6.07) is 4.36. The van der Waals surface area contributed by atoms with Gasteiger partial charge in [-0.1, -0.05) is 19.9 Å². The predicted molar refractivity (Wildman–Crippen MR) is 61.3 cm³/mol. The Morgan fingerprint density at radius 3 is 2.69 bits per heavy atom. The van der Waals surface area contributed by atoms with Gasteiger partial charge >= 0.3 is 0 Å². The van der Waals surface area contributed by atoms with Gasteiger partial charge in [0.1, 0.15) is 11.5 Å². The highest BCUT2D eigenvalue weighted by molar-refractivity contribution is 5.97. The molecule has 86 valence electrons. The van der Waals surface area contributed by atoms with Crippen LogP contribution in [0.25, 0.3) is 0 Å². The molecule has 0 aromatic heterocycles. The van der Waals surface area contributed by atoms with E-state index in [-0.39, 0.29) is 28.6 Å². The Morgan fingerprint density at radius 2 is 2.19 bits per heavy atom. The lowest BCUT2D eigenvalue weighted by Gasteiger charge is -2.09. The second kappa shape index (κ2) is 3.47. The molecule has 1 aliphatic rings. The molecule has 0 spiro atoms. The number of halogens is 1. The Bertz CT molecular complexity index is 422. The number of nitrogens with one attached hydrogen (secondary N) is 1. The molecule has 4 heteroatoms. The van der Waals surface area contributed by atoms with E-state index in [2.05, 4.69) is 5.32 Å². The molecule has 16 heavy (non-hydrogen) atoms. The van der Waals surface area contributed by atoms with E-state index in [0.29, 0.717) is 0 Å². The number of hydrogen-bond donors (Lipinski definition) is 2.